The molecule has 0 saturated carbocycles. The third kappa shape index (κ3) is 4.16. The third-order valence-corrected chi connectivity index (χ3v) is 2.95. The van der Waals surface area contributed by atoms with Crippen molar-refractivity contribution in [1.29, 1.82) is 0 Å². The molecule has 0 saturated heterocycles. The summed E-state index contributed by atoms with van der Waals surface area (Å²) in [4.78, 5) is 12.0. The molecule has 0 radical (unpaired) electrons. The highest BCUT2D eigenvalue weighted by Crippen LogP contribution is 2.03. The Bertz CT molecular complexity index is 374. The van der Waals surface area contributed by atoms with Crippen molar-refractivity contribution in [3.05, 3.63) is 24.0 Å². The third-order valence-electron chi connectivity index (χ3n) is 2.95. The zero-order valence-electron chi connectivity index (χ0n) is 11.3. The number of ether oxygens (including phenoxy) is 1. The minimum atomic E-state index is -0.0906. The molecule has 3 N–H and O–H groups in total. The summed E-state index contributed by atoms with van der Waals surface area (Å²) in [5.41, 5.74) is 6.54. The highest BCUT2D eigenvalue weighted by atomic mass is 16.5. The predicted octanol–water partition coefficient (Wildman–Crippen LogP) is 0.848. The average molecular weight is 253 g/mol. The average Bonchev–Trinajstić information content (AvgIpc) is 2.81. The fraction of sp³-hybridized carbons (Fsp3) is 0.615. The highest BCUT2D eigenvalue weighted by molar-refractivity contribution is 5.92. The highest BCUT2D eigenvalue weighted by Gasteiger charge is 2.13. The molecule has 0 bridgehead atoms. The van der Waals surface area contributed by atoms with Crippen molar-refractivity contribution in [1.82, 2.24) is 9.88 Å². The molecule has 5 nitrogen and oxygen atoms in total. The van der Waals surface area contributed by atoms with Gasteiger partial charge >= 0.3 is 0 Å². The summed E-state index contributed by atoms with van der Waals surface area (Å²) in [6.07, 6.45) is 1.87. The van der Waals surface area contributed by atoms with Crippen LogP contribution in [0.3, 0.4) is 0 Å². The summed E-state index contributed by atoms with van der Waals surface area (Å²) in [6.45, 7) is 5.82. The number of carbonyl (C=O) groups is 1. The van der Waals surface area contributed by atoms with Crippen molar-refractivity contribution < 1.29 is 9.53 Å². The van der Waals surface area contributed by atoms with Crippen LogP contribution in [-0.4, -0.2) is 36.8 Å². The van der Waals surface area contributed by atoms with Crippen LogP contribution in [0.15, 0.2) is 18.3 Å². The molecule has 1 heterocycles. The second-order valence-electron chi connectivity index (χ2n) is 4.70. The van der Waals surface area contributed by atoms with Gasteiger partial charge in [0.1, 0.15) is 5.69 Å². The number of hydrogen-bond donors (Lipinski definition) is 2. The van der Waals surface area contributed by atoms with E-state index in [9.17, 15) is 4.79 Å². The minimum absolute atomic E-state index is 0.0173. The molecular formula is C13H23N3O2. The van der Waals surface area contributed by atoms with E-state index < -0.39 is 0 Å². The van der Waals surface area contributed by atoms with Gasteiger partial charge in [-0.1, -0.05) is 13.8 Å². The predicted molar refractivity (Wildman–Crippen MR) is 71.5 cm³/mol. The molecule has 0 fully saturated rings. The van der Waals surface area contributed by atoms with E-state index in [4.69, 9.17) is 10.5 Å². The van der Waals surface area contributed by atoms with Gasteiger partial charge in [-0.05, 0) is 18.1 Å². The zero-order chi connectivity index (χ0) is 13.5. The lowest BCUT2D eigenvalue weighted by atomic mass is 10.1. The van der Waals surface area contributed by atoms with Gasteiger partial charge in [0.15, 0.2) is 0 Å². The lowest BCUT2D eigenvalue weighted by Gasteiger charge is -2.16. The van der Waals surface area contributed by atoms with E-state index in [0.29, 0.717) is 31.3 Å². The van der Waals surface area contributed by atoms with Crippen molar-refractivity contribution in [2.75, 3.05) is 20.3 Å². The largest absolute Gasteiger partial charge is 0.383 e. The van der Waals surface area contributed by atoms with Crippen molar-refractivity contribution in [2.45, 2.75) is 26.4 Å². The van der Waals surface area contributed by atoms with Gasteiger partial charge in [0.25, 0.3) is 5.91 Å². The SMILES string of the molecule is COCCn1cccc1C(=O)NCC(N)C(C)C. The number of nitrogens with two attached hydrogens (primary N) is 1. The summed E-state index contributed by atoms with van der Waals surface area (Å²) in [7, 11) is 1.64. The van der Waals surface area contributed by atoms with Crippen LogP contribution in [0.2, 0.25) is 0 Å². The molecule has 1 rings (SSSR count). The van der Waals surface area contributed by atoms with Gasteiger partial charge in [-0.2, -0.15) is 0 Å². The van der Waals surface area contributed by atoms with Gasteiger partial charge in [-0.15, -0.1) is 0 Å². The van der Waals surface area contributed by atoms with E-state index in [-0.39, 0.29) is 11.9 Å². The number of nitrogens with zero attached hydrogens (tertiary/aromatic N) is 1. The standard InChI is InChI=1S/C13H23N3O2/c1-10(2)11(14)9-15-13(17)12-5-4-6-16(12)7-8-18-3/h4-6,10-11H,7-9,14H2,1-3H3,(H,15,17). The maximum atomic E-state index is 12.0. The minimum Gasteiger partial charge on any atom is -0.383 e. The molecule has 0 aromatic carbocycles. The monoisotopic (exact) mass is 253 g/mol. The van der Waals surface area contributed by atoms with E-state index in [2.05, 4.69) is 5.32 Å². The molecular weight excluding hydrogens is 230 g/mol. The Kier molecular flexibility index (Phi) is 5.88. The van der Waals surface area contributed by atoms with E-state index >= 15 is 0 Å². The van der Waals surface area contributed by atoms with E-state index in [1.807, 2.05) is 30.7 Å². The summed E-state index contributed by atoms with van der Waals surface area (Å²) in [6, 6.07) is 3.63. The van der Waals surface area contributed by atoms with Gasteiger partial charge in [-0.25, -0.2) is 0 Å². The lowest BCUT2D eigenvalue weighted by molar-refractivity contribution is 0.0937. The Hall–Kier alpha value is -1.33. The summed E-state index contributed by atoms with van der Waals surface area (Å²) >= 11 is 0. The quantitative estimate of drug-likeness (QED) is 0.757. The second-order valence-corrected chi connectivity index (χ2v) is 4.70. The van der Waals surface area contributed by atoms with Crippen molar-refractivity contribution in [2.24, 2.45) is 11.7 Å². The molecule has 0 aliphatic rings. The normalized spacial score (nSPS) is 12.7. The molecule has 102 valence electrons. The van der Waals surface area contributed by atoms with Crippen LogP contribution in [0.25, 0.3) is 0 Å². The first-order chi connectivity index (χ1) is 8.56. The van der Waals surface area contributed by atoms with E-state index in [0.717, 1.165) is 0 Å². The molecule has 1 unspecified atom stereocenters. The second kappa shape index (κ2) is 7.18. The van der Waals surface area contributed by atoms with Gasteiger partial charge < -0.3 is 20.4 Å². The van der Waals surface area contributed by atoms with Crippen LogP contribution < -0.4 is 11.1 Å². The van der Waals surface area contributed by atoms with Crippen molar-refractivity contribution in [3.63, 3.8) is 0 Å². The fourth-order valence-corrected chi connectivity index (χ4v) is 1.54. The van der Waals surface area contributed by atoms with Crippen LogP contribution >= 0.6 is 0 Å². The first-order valence-corrected chi connectivity index (χ1v) is 6.24. The Morgan fingerprint density at radius 2 is 2.28 bits per heavy atom. The van der Waals surface area contributed by atoms with Crippen LogP contribution in [0, 0.1) is 5.92 Å². The molecule has 1 amide bonds. The van der Waals surface area contributed by atoms with Crippen molar-refractivity contribution in [3.8, 4) is 0 Å². The number of amides is 1. The Balaban J connectivity index is 2.53. The van der Waals surface area contributed by atoms with Crippen LogP contribution in [0.1, 0.15) is 24.3 Å². The number of carbonyl (C=O) groups excluding carboxylic acids is 1. The topological polar surface area (TPSA) is 69.3 Å². The maximum absolute atomic E-state index is 12.0. The number of methoxy groups -OCH3 is 1. The maximum Gasteiger partial charge on any atom is 0.267 e. The van der Waals surface area contributed by atoms with Crippen LogP contribution in [-0.2, 0) is 11.3 Å². The van der Waals surface area contributed by atoms with Gasteiger partial charge in [0, 0.05) is 32.4 Å². The Morgan fingerprint density at radius 3 is 2.89 bits per heavy atom. The fourth-order valence-electron chi connectivity index (χ4n) is 1.54. The van der Waals surface area contributed by atoms with Gasteiger partial charge in [-0.3, -0.25) is 4.79 Å². The lowest BCUT2D eigenvalue weighted by Crippen LogP contribution is -2.40. The van der Waals surface area contributed by atoms with Crippen LogP contribution in [0.4, 0.5) is 0 Å². The smallest absolute Gasteiger partial charge is 0.267 e. The summed E-state index contributed by atoms with van der Waals surface area (Å²) in [5.74, 6) is 0.262. The number of hydrogen-bond acceptors (Lipinski definition) is 3. The van der Waals surface area contributed by atoms with Crippen molar-refractivity contribution >= 4 is 5.91 Å². The molecule has 0 aliphatic carbocycles. The Labute approximate surface area is 108 Å². The molecule has 18 heavy (non-hydrogen) atoms. The molecule has 0 spiro atoms. The Morgan fingerprint density at radius 1 is 1.56 bits per heavy atom. The molecule has 1 aromatic rings. The van der Waals surface area contributed by atoms with Gasteiger partial charge in [0.05, 0.1) is 6.61 Å². The van der Waals surface area contributed by atoms with Crippen LogP contribution in [0.5, 0.6) is 0 Å². The zero-order valence-corrected chi connectivity index (χ0v) is 11.3. The molecule has 5 heteroatoms. The first-order valence-electron chi connectivity index (χ1n) is 6.24. The molecule has 0 aliphatic heterocycles. The van der Waals surface area contributed by atoms with E-state index in [1.165, 1.54) is 0 Å². The summed E-state index contributed by atoms with van der Waals surface area (Å²) in [5, 5.41) is 2.86. The first kappa shape index (κ1) is 14.7. The molecule has 1 atom stereocenters. The number of rotatable bonds is 7. The van der Waals surface area contributed by atoms with E-state index in [1.54, 1.807) is 13.2 Å². The molecule has 1 aromatic heterocycles. The number of nitrogens with one attached hydrogen (secondary N) is 1. The summed E-state index contributed by atoms with van der Waals surface area (Å²) < 4.78 is 6.88. The van der Waals surface area contributed by atoms with Gasteiger partial charge in [0.2, 0.25) is 0 Å². The number of aromatic nitrogens is 1.